The van der Waals surface area contributed by atoms with Gasteiger partial charge in [0.15, 0.2) is 0 Å². The van der Waals surface area contributed by atoms with Gasteiger partial charge in [-0.2, -0.15) is 0 Å². The fourth-order valence-corrected chi connectivity index (χ4v) is 0.631. The van der Waals surface area contributed by atoms with E-state index < -0.39 is 0 Å². The molecule has 1 aromatic rings. The van der Waals surface area contributed by atoms with Gasteiger partial charge in [-0.1, -0.05) is 35.6 Å². The molecule has 0 aliphatic heterocycles. The second-order valence-electron chi connectivity index (χ2n) is 1.37. The van der Waals surface area contributed by atoms with Gasteiger partial charge in [0.2, 0.25) is 0 Å². The molecule has 0 saturated heterocycles. The lowest BCUT2D eigenvalue weighted by Crippen LogP contribution is -1.88. The summed E-state index contributed by atoms with van der Waals surface area (Å²) in [4.78, 5) is 0. The summed E-state index contributed by atoms with van der Waals surface area (Å²) in [5, 5.41) is 1.55. The van der Waals surface area contributed by atoms with Crippen LogP contribution >= 0.6 is 8.46 Å². The summed E-state index contributed by atoms with van der Waals surface area (Å²) in [7, 11) is 1.78. The monoisotopic (exact) mass is 123 g/mol. The molecule has 1 rings (SSSR count). The van der Waals surface area contributed by atoms with Crippen molar-refractivity contribution in [2.75, 3.05) is 0 Å². The average molecular weight is 123 g/mol. The fraction of sp³-hybridized carbons (Fsp3) is 0. The first-order valence-corrected chi connectivity index (χ1v) is 2.66. The van der Waals surface area contributed by atoms with Crippen molar-refractivity contribution in [2.45, 2.75) is 0 Å². The minimum absolute atomic E-state index is 0.596. The number of benzene rings is 1. The largest absolute Gasteiger partial charge is 0.272 e. The van der Waals surface area contributed by atoms with E-state index in [2.05, 4.69) is 30.3 Å². The van der Waals surface area contributed by atoms with Gasteiger partial charge >= 0.3 is 0 Å². The van der Waals surface area contributed by atoms with Crippen molar-refractivity contribution in [1.29, 1.82) is 0 Å². The first-order chi connectivity index (χ1) is 3.93. The van der Waals surface area contributed by atoms with Gasteiger partial charge in [0.1, 0.15) is 0 Å². The third-order valence-corrected chi connectivity index (χ3v) is 1.11. The SMILES string of the molecule is [BH3-]Pc1ccccc1. The highest BCUT2D eigenvalue weighted by Crippen LogP contribution is 1.99. The average Bonchev–Trinajstić information content (AvgIpc) is 1.90. The maximum absolute atomic E-state index is 2.21. The van der Waals surface area contributed by atoms with E-state index in [1.54, 1.807) is 5.30 Å². The van der Waals surface area contributed by atoms with Crippen LogP contribution in [0.1, 0.15) is 0 Å². The summed E-state index contributed by atoms with van der Waals surface area (Å²) >= 11 is 0. The van der Waals surface area contributed by atoms with Gasteiger partial charge in [0.25, 0.3) is 0 Å². The zero-order valence-electron chi connectivity index (χ0n) is 3.89. The van der Waals surface area contributed by atoms with E-state index in [1.165, 1.54) is 8.46 Å². The Morgan fingerprint density at radius 2 is 1.75 bits per heavy atom. The summed E-state index contributed by atoms with van der Waals surface area (Å²) in [6.07, 6.45) is 0. The predicted molar refractivity (Wildman–Crippen MR) is 44.3 cm³/mol. The van der Waals surface area contributed by atoms with E-state index >= 15 is 0 Å². The van der Waals surface area contributed by atoms with Crippen LogP contribution in [0.25, 0.3) is 0 Å². The molecule has 2 heteroatoms. The summed E-state index contributed by atoms with van der Waals surface area (Å²) in [5.41, 5.74) is 0. The van der Waals surface area contributed by atoms with Crippen molar-refractivity contribution in [3.8, 4) is 0 Å². The summed E-state index contributed by atoms with van der Waals surface area (Å²) < 4.78 is 0. The van der Waals surface area contributed by atoms with E-state index in [9.17, 15) is 0 Å². The lowest BCUT2D eigenvalue weighted by molar-refractivity contribution is 1.78. The van der Waals surface area contributed by atoms with Gasteiger partial charge in [-0.3, -0.25) is 8.46 Å². The van der Waals surface area contributed by atoms with E-state index in [0.717, 1.165) is 0 Å². The fourth-order valence-electron chi connectivity index (χ4n) is 0.438. The first-order valence-electron chi connectivity index (χ1n) is 2.16. The zero-order chi connectivity index (χ0) is 5.82. The molecule has 1 aromatic carbocycles. The van der Waals surface area contributed by atoms with Crippen LogP contribution in [0.3, 0.4) is 0 Å². The van der Waals surface area contributed by atoms with Crippen LogP contribution in [0, 0.1) is 0 Å². The van der Waals surface area contributed by atoms with Crippen molar-refractivity contribution in [3.63, 3.8) is 0 Å². The maximum Gasteiger partial charge on any atom is -0.0199 e. The van der Waals surface area contributed by atoms with E-state index in [-0.39, 0.29) is 0 Å². The van der Waals surface area contributed by atoms with Crippen molar-refractivity contribution in [1.82, 2.24) is 0 Å². The smallest absolute Gasteiger partial charge is 0.0199 e. The Morgan fingerprint density at radius 3 is 2.12 bits per heavy atom. The number of rotatable bonds is 1. The topological polar surface area (TPSA) is 0 Å². The lowest BCUT2D eigenvalue weighted by Gasteiger charge is -1.94. The third kappa shape index (κ3) is 1.35. The van der Waals surface area contributed by atoms with Crippen LogP contribution < -0.4 is 5.30 Å². The van der Waals surface area contributed by atoms with E-state index in [0.29, 0.717) is 7.57 Å². The number of hydrogen-bond acceptors (Lipinski definition) is 0. The quantitative estimate of drug-likeness (QED) is 0.371. The van der Waals surface area contributed by atoms with E-state index in [4.69, 9.17) is 0 Å². The molecule has 0 aliphatic rings. The molecule has 0 saturated carbocycles. The summed E-state index contributed by atoms with van der Waals surface area (Å²) in [5.74, 6) is 0. The molecule has 1 atom stereocenters. The normalized spacial score (nSPS) is 10.6. The molecule has 0 aromatic heterocycles. The molecule has 42 valence electrons. The van der Waals surface area contributed by atoms with Crippen LogP contribution in [-0.4, -0.2) is 7.57 Å². The maximum atomic E-state index is 2.21. The lowest BCUT2D eigenvalue weighted by atomic mass is 10.4. The van der Waals surface area contributed by atoms with Gasteiger partial charge in [-0.15, -0.1) is 0 Å². The van der Waals surface area contributed by atoms with Crippen LogP contribution in [0.15, 0.2) is 30.3 Å². The molecule has 0 bridgehead atoms. The number of hydrogen-bond donors (Lipinski definition) is 0. The highest BCUT2D eigenvalue weighted by atomic mass is 31.1. The van der Waals surface area contributed by atoms with Crippen LogP contribution in [0.5, 0.6) is 0 Å². The van der Waals surface area contributed by atoms with Crippen LogP contribution in [-0.2, 0) is 0 Å². The molecular weight excluding hydrogens is 114 g/mol. The van der Waals surface area contributed by atoms with Gasteiger partial charge < -0.3 is 0 Å². The predicted octanol–water partition coefficient (Wildman–Crippen LogP) is 0.271. The van der Waals surface area contributed by atoms with Crippen LogP contribution in [0.4, 0.5) is 0 Å². The second-order valence-corrected chi connectivity index (χ2v) is 1.94. The molecule has 0 fully saturated rings. The van der Waals surface area contributed by atoms with Gasteiger partial charge in [0.05, 0.1) is 0 Å². The second kappa shape index (κ2) is 2.89. The molecule has 0 aliphatic carbocycles. The van der Waals surface area contributed by atoms with Gasteiger partial charge in [-0.05, 0) is 7.57 Å². The molecule has 0 heterocycles. The Morgan fingerprint density at radius 1 is 1.12 bits per heavy atom. The first kappa shape index (κ1) is 5.84. The Hall–Kier alpha value is -0.285. The molecule has 8 heavy (non-hydrogen) atoms. The molecule has 0 amide bonds. The van der Waals surface area contributed by atoms with Gasteiger partial charge in [-0.25, -0.2) is 0 Å². The Balaban J connectivity index is 2.83. The minimum atomic E-state index is 0.596. The molecule has 0 radical (unpaired) electrons. The highest BCUT2D eigenvalue weighted by Gasteiger charge is 1.75. The van der Waals surface area contributed by atoms with Crippen molar-refractivity contribution >= 4 is 21.3 Å². The Bertz CT molecular complexity index is 150. The zero-order valence-corrected chi connectivity index (χ0v) is 4.89. The summed E-state index contributed by atoms with van der Waals surface area (Å²) in [6, 6.07) is 10.7. The van der Waals surface area contributed by atoms with E-state index in [1.807, 2.05) is 0 Å². The molecule has 0 nitrogen and oxygen atoms in total. The van der Waals surface area contributed by atoms with Crippen LogP contribution in [0.2, 0.25) is 0 Å². The van der Waals surface area contributed by atoms with Crippen molar-refractivity contribution < 1.29 is 0 Å². The molecular formula is C6H9BP-. The minimum Gasteiger partial charge on any atom is -0.272 e. The van der Waals surface area contributed by atoms with Crippen molar-refractivity contribution in [2.24, 2.45) is 0 Å². The van der Waals surface area contributed by atoms with Gasteiger partial charge in [0, 0.05) is 0 Å². The van der Waals surface area contributed by atoms with Crippen molar-refractivity contribution in [3.05, 3.63) is 30.3 Å². The Kier molecular flexibility index (Phi) is 2.11. The Labute approximate surface area is 52.5 Å². The molecule has 0 spiro atoms. The molecule has 0 N–H and O–H groups in total. The summed E-state index contributed by atoms with van der Waals surface area (Å²) in [6.45, 7) is 0. The standard InChI is InChI=1S/C6H9BP/c7-8-6-4-2-1-3-5-6/h1-5,8H,7H3/q-1. The third-order valence-electron chi connectivity index (χ3n) is 0.774. The highest BCUT2D eigenvalue weighted by molar-refractivity contribution is 7.73. The molecule has 1 unspecified atom stereocenters.